The Hall–Kier alpha value is -1.46. The molecule has 18 heavy (non-hydrogen) atoms. The zero-order valence-electron chi connectivity index (χ0n) is 10.5. The summed E-state index contributed by atoms with van der Waals surface area (Å²) < 4.78 is 6.94. The van der Waals surface area contributed by atoms with Gasteiger partial charge in [0.05, 0.1) is 13.3 Å². The molecule has 2 aromatic rings. The van der Waals surface area contributed by atoms with Gasteiger partial charge < -0.3 is 10.5 Å². The van der Waals surface area contributed by atoms with E-state index in [1.54, 1.807) is 23.6 Å². The molecule has 2 N–H and O–H groups in total. The first-order valence-electron chi connectivity index (χ1n) is 5.72. The maximum Gasteiger partial charge on any atom is 0.118 e. The van der Waals surface area contributed by atoms with Gasteiger partial charge in [0.25, 0.3) is 0 Å². The summed E-state index contributed by atoms with van der Waals surface area (Å²) in [7, 11) is 3.58. The number of aryl methyl sites for hydroxylation is 1. The molecule has 1 atom stereocenters. The normalized spacial score (nSPS) is 12.4. The molecule has 0 aliphatic heterocycles. The van der Waals surface area contributed by atoms with Crippen molar-refractivity contribution in [1.82, 2.24) is 9.78 Å². The van der Waals surface area contributed by atoms with Gasteiger partial charge in [0, 0.05) is 35.5 Å². The number of aromatic nitrogens is 2. The van der Waals surface area contributed by atoms with Crippen molar-refractivity contribution in [2.45, 2.75) is 10.1 Å². The molecule has 0 spiro atoms. The first-order valence-corrected chi connectivity index (χ1v) is 6.60. The highest BCUT2D eigenvalue weighted by Crippen LogP contribution is 2.34. The van der Waals surface area contributed by atoms with E-state index in [1.165, 1.54) is 4.90 Å². The standard InChI is InChI=1S/C13H17N3OS/c1-16-9-10(8-15-16)13(7-14)18-12-5-3-11(17-2)4-6-12/h3-6,8-9,13H,7,14H2,1-2H3. The lowest BCUT2D eigenvalue weighted by atomic mass is 10.2. The maximum absolute atomic E-state index is 5.84. The van der Waals surface area contributed by atoms with Crippen molar-refractivity contribution in [3.63, 3.8) is 0 Å². The van der Waals surface area contributed by atoms with E-state index in [0.29, 0.717) is 6.54 Å². The van der Waals surface area contributed by atoms with Gasteiger partial charge in [0.2, 0.25) is 0 Å². The fourth-order valence-electron chi connectivity index (χ4n) is 1.68. The number of benzene rings is 1. The summed E-state index contributed by atoms with van der Waals surface area (Å²) in [5.41, 5.74) is 6.99. The number of methoxy groups -OCH3 is 1. The van der Waals surface area contributed by atoms with Gasteiger partial charge in [-0.05, 0) is 24.3 Å². The van der Waals surface area contributed by atoms with Gasteiger partial charge in [-0.25, -0.2) is 0 Å². The molecule has 1 aromatic carbocycles. The second-order valence-corrected chi connectivity index (χ2v) is 5.24. The summed E-state index contributed by atoms with van der Waals surface area (Å²) in [5.74, 6) is 0.866. The van der Waals surface area contributed by atoms with Crippen LogP contribution in [0, 0.1) is 0 Å². The number of hydrogen-bond acceptors (Lipinski definition) is 4. The highest BCUT2D eigenvalue weighted by molar-refractivity contribution is 7.99. The van der Waals surface area contributed by atoms with Gasteiger partial charge in [-0.1, -0.05) is 0 Å². The minimum absolute atomic E-state index is 0.229. The zero-order chi connectivity index (χ0) is 13.0. The maximum atomic E-state index is 5.84. The van der Waals surface area contributed by atoms with Crippen molar-refractivity contribution in [2.75, 3.05) is 13.7 Å². The highest BCUT2D eigenvalue weighted by atomic mass is 32.2. The average molecular weight is 263 g/mol. The number of nitrogens with two attached hydrogens (primary N) is 1. The summed E-state index contributed by atoms with van der Waals surface area (Å²) in [6.07, 6.45) is 3.88. The number of hydrogen-bond donors (Lipinski definition) is 1. The Morgan fingerprint density at radius 3 is 2.61 bits per heavy atom. The molecule has 1 aromatic heterocycles. The lowest BCUT2D eigenvalue weighted by Gasteiger charge is -2.12. The van der Waals surface area contributed by atoms with Crippen molar-refractivity contribution < 1.29 is 4.74 Å². The lowest BCUT2D eigenvalue weighted by Crippen LogP contribution is -2.08. The van der Waals surface area contributed by atoms with Gasteiger partial charge in [0.1, 0.15) is 5.75 Å². The second kappa shape index (κ2) is 5.93. The predicted octanol–water partition coefficient (Wildman–Crippen LogP) is 2.22. The molecule has 0 saturated carbocycles. The van der Waals surface area contributed by atoms with E-state index >= 15 is 0 Å². The van der Waals surface area contributed by atoms with Crippen molar-refractivity contribution >= 4 is 11.8 Å². The van der Waals surface area contributed by atoms with E-state index in [9.17, 15) is 0 Å². The van der Waals surface area contributed by atoms with Crippen LogP contribution in [-0.2, 0) is 7.05 Å². The average Bonchev–Trinajstić information content (AvgIpc) is 2.83. The Morgan fingerprint density at radius 2 is 2.11 bits per heavy atom. The van der Waals surface area contributed by atoms with E-state index in [4.69, 9.17) is 10.5 Å². The smallest absolute Gasteiger partial charge is 0.118 e. The third-order valence-electron chi connectivity index (χ3n) is 2.65. The largest absolute Gasteiger partial charge is 0.497 e. The van der Waals surface area contributed by atoms with Crippen LogP contribution in [0.1, 0.15) is 10.8 Å². The first kappa shape index (κ1) is 13.0. The molecule has 5 heteroatoms. The molecular formula is C13H17N3OS. The molecule has 0 bridgehead atoms. The molecule has 1 unspecified atom stereocenters. The summed E-state index contributed by atoms with van der Waals surface area (Å²) in [6, 6.07) is 8.00. The van der Waals surface area contributed by atoms with Crippen LogP contribution < -0.4 is 10.5 Å². The molecule has 96 valence electrons. The van der Waals surface area contributed by atoms with Crippen LogP contribution in [-0.4, -0.2) is 23.4 Å². The number of rotatable bonds is 5. The minimum Gasteiger partial charge on any atom is -0.497 e. The quantitative estimate of drug-likeness (QED) is 0.840. The van der Waals surface area contributed by atoms with Crippen LogP contribution >= 0.6 is 11.8 Å². The van der Waals surface area contributed by atoms with Crippen molar-refractivity contribution in [2.24, 2.45) is 12.8 Å². The number of nitrogens with zero attached hydrogens (tertiary/aromatic N) is 2. The first-order chi connectivity index (χ1) is 8.72. The van der Waals surface area contributed by atoms with Gasteiger partial charge in [0.15, 0.2) is 0 Å². The van der Waals surface area contributed by atoms with Gasteiger partial charge in [-0.2, -0.15) is 5.10 Å². The molecule has 4 nitrogen and oxygen atoms in total. The summed E-state index contributed by atoms with van der Waals surface area (Å²) in [6.45, 7) is 0.586. The van der Waals surface area contributed by atoms with Crippen LogP contribution in [0.4, 0.5) is 0 Å². The Balaban J connectivity index is 2.10. The summed E-state index contributed by atoms with van der Waals surface area (Å²) in [5, 5.41) is 4.41. The van der Waals surface area contributed by atoms with Crippen LogP contribution in [0.15, 0.2) is 41.6 Å². The predicted molar refractivity (Wildman–Crippen MR) is 73.9 cm³/mol. The molecular weight excluding hydrogens is 246 g/mol. The zero-order valence-corrected chi connectivity index (χ0v) is 11.4. The van der Waals surface area contributed by atoms with Crippen LogP contribution in [0.5, 0.6) is 5.75 Å². The van der Waals surface area contributed by atoms with Gasteiger partial charge in [-0.15, -0.1) is 11.8 Å². The molecule has 0 aliphatic carbocycles. The summed E-state index contributed by atoms with van der Waals surface area (Å²) in [4.78, 5) is 1.18. The van der Waals surface area contributed by atoms with E-state index in [1.807, 2.05) is 43.7 Å². The number of ether oxygens (including phenoxy) is 1. The Labute approximate surface area is 111 Å². The molecule has 1 heterocycles. The van der Waals surface area contributed by atoms with E-state index < -0.39 is 0 Å². The Bertz CT molecular complexity index is 495. The SMILES string of the molecule is COc1ccc(SC(CN)c2cnn(C)c2)cc1. The molecule has 0 fully saturated rings. The number of thioether (sulfide) groups is 1. The minimum atomic E-state index is 0.229. The molecule has 0 aliphatic rings. The van der Waals surface area contributed by atoms with Crippen LogP contribution in [0.3, 0.4) is 0 Å². The van der Waals surface area contributed by atoms with E-state index in [2.05, 4.69) is 5.10 Å². The van der Waals surface area contributed by atoms with Gasteiger partial charge in [-0.3, -0.25) is 4.68 Å². The molecule has 2 rings (SSSR count). The van der Waals surface area contributed by atoms with Crippen LogP contribution in [0.2, 0.25) is 0 Å². The molecule has 0 amide bonds. The topological polar surface area (TPSA) is 53.1 Å². The highest BCUT2D eigenvalue weighted by Gasteiger charge is 2.13. The Kier molecular flexibility index (Phi) is 4.28. The van der Waals surface area contributed by atoms with Crippen molar-refractivity contribution in [3.05, 3.63) is 42.2 Å². The molecule has 0 radical (unpaired) electrons. The third-order valence-corrected chi connectivity index (χ3v) is 3.94. The van der Waals surface area contributed by atoms with E-state index in [0.717, 1.165) is 11.3 Å². The fraction of sp³-hybridized carbons (Fsp3) is 0.308. The second-order valence-electron chi connectivity index (χ2n) is 3.97. The monoisotopic (exact) mass is 263 g/mol. The fourth-order valence-corrected chi connectivity index (χ4v) is 2.65. The van der Waals surface area contributed by atoms with Crippen LogP contribution in [0.25, 0.3) is 0 Å². The lowest BCUT2D eigenvalue weighted by molar-refractivity contribution is 0.414. The molecule has 0 saturated heterocycles. The van der Waals surface area contributed by atoms with E-state index in [-0.39, 0.29) is 5.25 Å². The van der Waals surface area contributed by atoms with Crippen molar-refractivity contribution in [1.29, 1.82) is 0 Å². The third kappa shape index (κ3) is 3.05. The summed E-state index contributed by atoms with van der Waals surface area (Å²) >= 11 is 1.74. The Morgan fingerprint density at radius 1 is 1.39 bits per heavy atom. The van der Waals surface area contributed by atoms with Gasteiger partial charge >= 0.3 is 0 Å². The van der Waals surface area contributed by atoms with Crippen molar-refractivity contribution in [3.8, 4) is 5.75 Å².